The maximum absolute atomic E-state index is 12.6. The zero-order chi connectivity index (χ0) is 20.3. The Morgan fingerprint density at radius 3 is 2.46 bits per heavy atom. The smallest absolute Gasteiger partial charge is 0.337 e. The predicted octanol–water partition coefficient (Wildman–Crippen LogP) is 3.99. The number of hydrogen-bond acceptors (Lipinski definition) is 4. The molecule has 0 spiro atoms. The number of fused-ring (bicyclic) bond motifs is 1. The Kier molecular flexibility index (Phi) is 5.76. The van der Waals surface area contributed by atoms with Crippen molar-refractivity contribution in [3.05, 3.63) is 64.0 Å². The van der Waals surface area contributed by atoms with Gasteiger partial charge in [0, 0.05) is 5.56 Å². The quantitative estimate of drug-likeness (QED) is 0.498. The van der Waals surface area contributed by atoms with Crippen LogP contribution in [0.1, 0.15) is 46.0 Å². The molecule has 0 aliphatic carbocycles. The minimum Gasteiger partial charge on any atom is -0.465 e. The molecular weight excluding hydrogens is 372 g/mol. The van der Waals surface area contributed by atoms with Crippen molar-refractivity contribution in [3.63, 3.8) is 0 Å². The van der Waals surface area contributed by atoms with Crippen molar-refractivity contribution in [2.75, 3.05) is 7.11 Å². The van der Waals surface area contributed by atoms with Gasteiger partial charge in [0.05, 0.1) is 29.4 Å². The molecule has 0 aliphatic heterocycles. The predicted molar refractivity (Wildman–Crippen MR) is 110 cm³/mol. The fraction of sp³-hybridized carbons (Fsp3) is 0.227. The third kappa shape index (κ3) is 3.90. The lowest BCUT2D eigenvalue weighted by Gasteiger charge is -2.05. The lowest BCUT2D eigenvalue weighted by atomic mass is 10.0. The number of carbonyl (C=O) groups excluding carboxylic acids is 2. The number of esters is 1. The van der Waals surface area contributed by atoms with Crippen molar-refractivity contribution >= 4 is 33.4 Å². The summed E-state index contributed by atoms with van der Waals surface area (Å²) in [6.45, 7) is 4.60. The lowest BCUT2D eigenvalue weighted by molar-refractivity contribution is 0.0600. The summed E-state index contributed by atoms with van der Waals surface area (Å²) in [6, 6.07) is 12.4. The number of rotatable bonds is 4. The molecule has 1 aromatic heterocycles. The molecule has 2 aromatic carbocycles. The highest BCUT2D eigenvalue weighted by Crippen LogP contribution is 2.23. The molecule has 0 saturated carbocycles. The van der Waals surface area contributed by atoms with E-state index in [1.54, 1.807) is 24.3 Å². The fourth-order valence-corrected chi connectivity index (χ4v) is 3.87. The maximum Gasteiger partial charge on any atom is 0.337 e. The first kappa shape index (κ1) is 19.6. The topological polar surface area (TPSA) is 60.7 Å². The largest absolute Gasteiger partial charge is 0.465 e. The summed E-state index contributed by atoms with van der Waals surface area (Å²) in [6.07, 6.45) is 5.52. The van der Waals surface area contributed by atoms with Crippen LogP contribution in [-0.2, 0) is 11.3 Å². The number of thiazole rings is 1. The summed E-state index contributed by atoms with van der Waals surface area (Å²) in [5.41, 5.74) is 2.95. The third-order valence-corrected chi connectivity index (χ3v) is 5.41. The third-order valence-electron chi connectivity index (χ3n) is 4.37. The van der Waals surface area contributed by atoms with Crippen LogP contribution in [0.5, 0.6) is 0 Å². The second kappa shape index (κ2) is 8.24. The summed E-state index contributed by atoms with van der Waals surface area (Å²) in [5.74, 6) is 2.19. The first-order chi connectivity index (χ1) is 13.4. The number of aromatic nitrogens is 1. The van der Waals surface area contributed by atoms with Crippen LogP contribution in [0.3, 0.4) is 0 Å². The Labute approximate surface area is 167 Å². The molecule has 28 heavy (non-hydrogen) atoms. The van der Waals surface area contributed by atoms with Gasteiger partial charge in [0.15, 0.2) is 4.80 Å². The average molecular weight is 392 g/mol. The minimum atomic E-state index is -0.451. The molecule has 0 saturated heterocycles. The molecule has 1 amide bonds. The molecule has 0 unspecified atom stereocenters. The Morgan fingerprint density at radius 2 is 1.86 bits per heavy atom. The SMILES string of the molecule is C#CCn1c(=NC(=O)c2ccc(C(=O)OC)cc2)sc2cc(C(C)C)ccc21. The van der Waals surface area contributed by atoms with E-state index in [4.69, 9.17) is 6.42 Å². The van der Waals surface area contributed by atoms with Crippen molar-refractivity contribution in [1.29, 1.82) is 0 Å². The zero-order valence-electron chi connectivity index (χ0n) is 15.9. The molecule has 0 atom stereocenters. The molecule has 3 rings (SSSR count). The first-order valence-electron chi connectivity index (χ1n) is 8.78. The van der Waals surface area contributed by atoms with E-state index in [0.717, 1.165) is 10.2 Å². The van der Waals surface area contributed by atoms with Crippen molar-refractivity contribution in [2.24, 2.45) is 4.99 Å². The van der Waals surface area contributed by atoms with Crippen molar-refractivity contribution in [2.45, 2.75) is 26.3 Å². The van der Waals surface area contributed by atoms with Crippen LogP contribution in [-0.4, -0.2) is 23.6 Å². The number of amides is 1. The molecular formula is C22H20N2O3S. The molecule has 1 heterocycles. The van der Waals surface area contributed by atoms with Gasteiger partial charge in [-0.1, -0.05) is 37.2 Å². The van der Waals surface area contributed by atoms with Crippen molar-refractivity contribution in [1.82, 2.24) is 4.57 Å². The summed E-state index contributed by atoms with van der Waals surface area (Å²) in [4.78, 5) is 29.0. The van der Waals surface area contributed by atoms with E-state index in [9.17, 15) is 9.59 Å². The van der Waals surface area contributed by atoms with Gasteiger partial charge in [0.1, 0.15) is 0 Å². The van der Waals surface area contributed by atoms with E-state index in [2.05, 4.69) is 41.6 Å². The lowest BCUT2D eigenvalue weighted by Crippen LogP contribution is -2.16. The second-order valence-corrected chi connectivity index (χ2v) is 7.55. The molecule has 0 N–H and O–H groups in total. The van der Waals surface area contributed by atoms with Gasteiger partial charge in [-0.05, 0) is 47.9 Å². The van der Waals surface area contributed by atoms with Crippen LogP contribution in [0.4, 0.5) is 0 Å². The van der Waals surface area contributed by atoms with Gasteiger partial charge in [-0.3, -0.25) is 4.79 Å². The summed E-state index contributed by atoms with van der Waals surface area (Å²) < 4.78 is 7.57. The van der Waals surface area contributed by atoms with Crippen LogP contribution in [0, 0.1) is 12.3 Å². The van der Waals surface area contributed by atoms with E-state index < -0.39 is 11.9 Å². The summed E-state index contributed by atoms with van der Waals surface area (Å²) in [7, 11) is 1.31. The maximum atomic E-state index is 12.6. The van der Waals surface area contributed by atoms with Crippen LogP contribution in [0.25, 0.3) is 10.2 Å². The molecule has 0 fully saturated rings. The van der Waals surface area contributed by atoms with E-state index >= 15 is 0 Å². The van der Waals surface area contributed by atoms with Gasteiger partial charge in [-0.15, -0.1) is 6.42 Å². The molecule has 142 valence electrons. The highest BCUT2D eigenvalue weighted by molar-refractivity contribution is 7.16. The first-order valence-corrected chi connectivity index (χ1v) is 9.60. The normalized spacial score (nSPS) is 11.6. The van der Waals surface area contributed by atoms with Gasteiger partial charge < -0.3 is 9.30 Å². The van der Waals surface area contributed by atoms with Gasteiger partial charge in [0.2, 0.25) is 0 Å². The van der Waals surface area contributed by atoms with Crippen LogP contribution in [0.15, 0.2) is 47.5 Å². The van der Waals surface area contributed by atoms with Crippen molar-refractivity contribution in [3.8, 4) is 12.3 Å². The zero-order valence-corrected chi connectivity index (χ0v) is 16.7. The minimum absolute atomic E-state index is 0.328. The van der Waals surface area contributed by atoms with E-state index in [1.165, 1.54) is 24.0 Å². The van der Waals surface area contributed by atoms with Crippen LogP contribution >= 0.6 is 11.3 Å². The second-order valence-electron chi connectivity index (χ2n) is 6.54. The number of nitrogens with zero attached hydrogens (tertiary/aromatic N) is 2. The standard InChI is InChI=1S/C22H20N2O3S/c1-5-12-24-18-11-10-17(14(2)3)13-19(18)28-22(24)23-20(25)15-6-8-16(9-7-15)21(26)27-4/h1,6-11,13-14H,12H2,2-4H3. The number of hydrogen-bond donors (Lipinski definition) is 0. The van der Waals surface area contributed by atoms with Crippen LogP contribution < -0.4 is 4.80 Å². The molecule has 6 heteroatoms. The van der Waals surface area contributed by atoms with Gasteiger partial charge >= 0.3 is 5.97 Å². The number of benzene rings is 2. The monoisotopic (exact) mass is 392 g/mol. The Morgan fingerprint density at radius 1 is 1.18 bits per heavy atom. The van der Waals surface area contributed by atoms with Gasteiger partial charge in [0.25, 0.3) is 5.91 Å². The summed E-state index contributed by atoms with van der Waals surface area (Å²) >= 11 is 1.44. The summed E-state index contributed by atoms with van der Waals surface area (Å²) in [5, 5.41) is 0. The number of methoxy groups -OCH3 is 1. The van der Waals surface area contributed by atoms with E-state index in [-0.39, 0.29) is 0 Å². The Hall–Kier alpha value is -3.17. The Balaban J connectivity index is 2.04. The molecule has 3 aromatic rings. The van der Waals surface area contributed by atoms with Gasteiger partial charge in [-0.25, -0.2) is 4.79 Å². The number of carbonyl (C=O) groups is 2. The van der Waals surface area contributed by atoms with Crippen LogP contribution in [0.2, 0.25) is 0 Å². The van der Waals surface area contributed by atoms with E-state index in [0.29, 0.717) is 28.4 Å². The number of terminal acetylenes is 1. The molecule has 5 nitrogen and oxygen atoms in total. The molecule has 0 bridgehead atoms. The highest BCUT2D eigenvalue weighted by atomic mass is 32.1. The van der Waals surface area contributed by atoms with Crippen molar-refractivity contribution < 1.29 is 14.3 Å². The van der Waals surface area contributed by atoms with Gasteiger partial charge in [-0.2, -0.15) is 4.99 Å². The van der Waals surface area contributed by atoms with E-state index in [1.807, 2.05) is 10.6 Å². The molecule has 0 radical (unpaired) electrons. The average Bonchev–Trinajstić information content (AvgIpc) is 3.04. The fourth-order valence-electron chi connectivity index (χ4n) is 2.80. The Bertz CT molecular complexity index is 1150. The number of ether oxygens (including phenoxy) is 1. The molecule has 0 aliphatic rings. The highest BCUT2D eigenvalue weighted by Gasteiger charge is 2.11.